The Hall–Kier alpha value is -1.20. The molecule has 106 valence electrons. The lowest BCUT2D eigenvalue weighted by Crippen LogP contribution is -2.55. The quantitative estimate of drug-likeness (QED) is 0.890. The van der Waals surface area contributed by atoms with E-state index in [0.29, 0.717) is 6.54 Å². The Labute approximate surface area is 117 Å². The fourth-order valence-corrected chi connectivity index (χ4v) is 1.98. The van der Waals surface area contributed by atoms with Crippen LogP contribution in [0.15, 0.2) is 18.2 Å². The third kappa shape index (κ3) is 4.14. The van der Waals surface area contributed by atoms with E-state index in [1.54, 1.807) is 0 Å². The maximum atomic E-state index is 13.3. The molecule has 0 radical (unpaired) electrons. The van der Waals surface area contributed by atoms with E-state index in [4.69, 9.17) is 5.73 Å². The van der Waals surface area contributed by atoms with Crippen molar-refractivity contribution in [3.8, 4) is 0 Å². The lowest BCUT2D eigenvalue weighted by Gasteiger charge is -2.38. The van der Waals surface area contributed by atoms with Gasteiger partial charge in [-0.25, -0.2) is 8.78 Å². The Morgan fingerprint density at radius 2 is 2.05 bits per heavy atom. The van der Waals surface area contributed by atoms with Gasteiger partial charge in [0.25, 0.3) is 0 Å². The van der Waals surface area contributed by atoms with Gasteiger partial charge in [-0.05, 0) is 30.9 Å². The second-order valence-electron chi connectivity index (χ2n) is 4.91. The van der Waals surface area contributed by atoms with E-state index in [0.717, 1.165) is 31.4 Å². The largest absolute Gasteiger partial charge is 0.354 e. The van der Waals surface area contributed by atoms with Crippen molar-refractivity contribution in [3.05, 3.63) is 35.4 Å². The van der Waals surface area contributed by atoms with Crippen LogP contribution >= 0.6 is 12.4 Å². The zero-order chi connectivity index (χ0) is 13.2. The molecule has 1 aromatic rings. The minimum Gasteiger partial charge on any atom is -0.354 e. The van der Waals surface area contributed by atoms with E-state index < -0.39 is 11.6 Å². The number of amides is 1. The third-order valence-corrected chi connectivity index (χ3v) is 3.35. The monoisotopic (exact) mass is 290 g/mol. The van der Waals surface area contributed by atoms with Crippen LogP contribution in [0.2, 0.25) is 0 Å². The Morgan fingerprint density at radius 3 is 2.58 bits per heavy atom. The van der Waals surface area contributed by atoms with E-state index >= 15 is 0 Å². The second kappa shape index (κ2) is 6.30. The molecule has 0 aliphatic heterocycles. The van der Waals surface area contributed by atoms with E-state index in [1.807, 2.05) is 0 Å². The van der Waals surface area contributed by atoms with E-state index in [9.17, 15) is 13.6 Å². The molecule has 19 heavy (non-hydrogen) atoms. The van der Waals surface area contributed by atoms with Crippen LogP contribution in [0.3, 0.4) is 0 Å². The van der Waals surface area contributed by atoms with Crippen LogP contribution in [0.5, 0.6) is 0 Å². The number of rotatable bonds is 4. The van der Waals surface area contributed by atoms with Crippen LogP contribution in [0.1, 0.15) is 24.8 Å². The van der Waals surface area contributed by atoms with Crippen molar-refractivity contribution in [2.75, 3.05) is 6.54 Å². The molecular formula is C13H17ClF2N2O. The van der Waals surface area contributed by atoms with Gasteiger partial charge < -0.3 is 11.1 Å². The molecule has 1 fully saturated rings. The van der Waals surface area contributed by atoms with Gasteiger partial charge in [-0.3, -0.25) is 4.79 Å². The van der Waals surface area contributed by atoms with Crippen LogP contribution in [-0.2, 0) is 11.2 Å². The van der Waals surface area contributed by atoms with Crippen molar-refractivity contribution in [1.29, 1.82) is 0 Å². The van der Waals surface area contributed by atoms with Crippen molar-refractivity contribution >= 4 is 18.3 Å². The number of benzene rings is 1. The minimum absolute atomic E-state index is 0. The molecular weight excluding hydrogens is 274 g/mol. The van der Waals surface area contributed by atoms with Gasteiger partial charge in [0.2, 0.25) is 5.91 Å². The Balaban J connectivity index is 0.00000180. The fraction of sp³-hybridized carbons (Fsp3) is 0.462. The molecule has 0 atom stereocenters. The average Bonchev–Trinajstić information content (AvgIpc) is 2.28. The van der Waals surface area contributed by atoms with E-state index in [2.05, 4.69) is 5.32 Å². The molecule has 1 aliphatic rings. The summed E-state index contributed by atoms with van der Waals surface area (Å²) in [6.45, 7) is 0.411. The van der Waals surface area contributed by atoms with Gasteiger partial charge in [0.05, 0.1) is 6.42 Å². The summed E-state index contributed by atoms with van der Waals surface area (Å²) in [7, 11) is 0. The molecule has 1 aromatic carbocycles. The normalized spacial score (nSPS) is 16.2. The zero-order valence-corrected chi connectivity index (χ0v) is 11.2. The minimum atomic E-state index is -0.698. The van der Waals surface area contributed by atoms with Gasteiger partial charge >= 0.3 is 0 Å². The van der Waals surface area contributed by atoms with Crippen molar-refractivity contribution in [2.24, 2.45) is 5.73 Å². The molecule has 1 aliphatic carbocycles. The van der Waals surface area contributed by atoms with Gasteiger partial charge in [-0.1, -0.05) is 6.07 Å². The highest BCUT2D eigenvalue weighted by molar-refractivity contribution is 5.85. The summed E-state index contributed by atoms with van der Waals surface area (Å²) < 4.78 is 26.0. The number of halogens is 3. The molecule has 1 saturated carbocycles. The summed E-state index contributed by atoms with van der Waals surface area (Å²) in [4.78, 5) is 11.6. The number of carbonyl (C=O) groups is 1. The van der Waals surface area contributed by atoms with Crippen LogP contribution in [0.4, 0.5) is 8.78 Å². The van der Waals surface area contributed by atoms with Crippen LogP contribution in [-0.4, -0.2) is 18.0 Å². The number of nitrogens with one attached hydrogen (secondary N) is 1. The van der Waals surface area contributed by atoms with Gasteiger partial charge in [-0.2, -0.15) is 0 Å². The summed E-state index contributed by atoms with van der Waals surface area (Å²) in [6, 6.07) is 3.20. The van der Waals surface area contributed by atoms with Gasteiger partial charge in [0.15, 0.2) is 0 Å². The number of carbonyl (C=O) groups excluding carboxylic acids is 1. The third-order valence-electron chi connectivity index (χ3n) is 3.35. The van der Waals surface area contributed by atoms with Crippen LogP contribution in [0, 0.1) is 11.6 Å². The number of nitrogens with two attached hydrogens (primary N) is 1. The number of hydrogen-bond donors (Lipinski definition) is 2. The second-order valence-corrected chi connectivity index (χ2v) is 4.91. The standard InChI is InChI=1S/C13H16F2N2O.ClH/c14-10-3-2-9(11(15)7-10)6-12(18)17-8-13(16)4-1-5-13;/h2-3,7H,1,4-6,8,16H2,(H,17,18);1H. The highest BCUT2D eigenvalue weighted by Crippen LogP contribution is 2.28. The van der Waals surface area contributed by atoms with Crippen molar-refractivity contribution in [2.45, 2.75) is 31.2 Å². The van der Waals surface area contributed by atoms with Gasteiger partial charge in [0.1, 0.15) is 11.6 Å². The lowest BCUT2D eigenvalue weighted by atomic mass is 9.78. The van der Waals surface area contributed by atoms with Gasteiger partial charge in [0, 0.05) is 18.2 Å². The maximum Gasteiger partial charge on any atom is 0.224 e. The smallest absolute Gasteiger partial charge is 0.224 e. The molecule has 0 spiro atoms. The predicted molar refractivity (Wildman–Crippen MR) is 71.1 cm³/mol. The summed E-state index contributed by atoms with van der Waals surface area (Å²) in [5.74, 6) is -1.64. The SMILES string of the molecule is Cl.NC1(CNC(=O)Cc2ccc(F)cc2F)CCC1. The van der Waals surface area contributed by atoms with Crippen molar-refractivity contribution in [3.63, 3.8) is 0 Å². The van der Waals surface area contributed by atoms with E-state index in [1.165, 1.54) is 6.07 Å². The average molecular weight is 291 g/mol. The first-order chi connectivity index (χ1) is 8.48. The van der Waals surface area contributed by atoms with E-state index in [-0.39, 0.29) is 35.8 Å². The van der Waals surface area contributed by atoms with Crippen molar-refractivity contribution < 1.29 is 13.6 Å². The molecule has 3 N–H and O–H groups in total. The lowest BCUT2D eigenvalue weighted by molar-refractivity contribution is -0.120. The molecule has 0 bridgehead atoms. The van der Waals surface area contributed by atoms with Crippen molar-refractivity contribution in [1.82, 2.24) is 5.32 Å². The van der Waals surface area contributed by atoms with Gasteiger partial charge in [-0.15, -0.1) is 12.4 Å². The Bertz CT molecular complexity index is 464. The molecule has 0 aromatic heterocycles. The summed E-state index contributed by atoms with van der Waals surface area (Å²) in [5.41, 5.74) is 5.85. The van der Waals surface area contributed by atoms with Crippen LogP contribution < -0.4 is 11.1 Å². The maximum absolute atomic E-state index is 13.3. The topological polar surface area (TPSA) is 55.1 Å². The molecule has 0 saturated heterocycles. The number of hydrogen-bond acceptors (Lipinski definition) is 2. The highest BCUT2D eigenvalue weighted by atomic mass is 35.5. The molecule has 0 unspecified atom stereocenters. The first-order valence-electron chi connectivity index (χ1n) is 5.98. The first-order valence-corrected chi connectivity index (χ1v) is 5.98. The summed E-state index contributed by atoms with van der Waals surface area (Å²) in [6.07, 6.45) is 2.79. The fourth-order valence-electron chi connectivity index (χ4n) is 1.98. The predicted octanol–water partition coefficient (Wildman–Crippen LogP) is 1.93. The summed E-state index contributed by atoms with van der Waals surface area (Å²) in [5, 5.41) is 2.69. The Morgan fingerprint density at radius 1 is 1.37 bits per heavy atom. The Kier molecular flexibility index (Phi) is 5.26. The zero-order valence-electron chi connectivity index (χ0n) is 10.4. The van der Waals surface area contributed by atoms with Crippen LogP contribution in [0.25, 0.3) is 0 Å². The molecule has 1 amide bonds. The molecule has 2 rings (SSSR count). The first kappa shape index (κ1) is 15.9. The summed E-state index contributed by atoms with van der Waals surface area (Å²) >= 11 is 0. The molecule has 3 nitrogen and oxygen atoms in total. The highest BCUT2D eigenvalue weighted by Gasteiger charge is 2.32. The molecule has 6 heteroatoms. The molecule has 0 heterocycles.